The summed E-state index contributed by atoms with van der Waals surface area (Å²) in [5.74, 6) is 0.837. The van der Waals surface area contributed by atoms with E-state index in [-0.39, 0.29) is 0 Å². The molecule has 0 saturated heterocycles. The number of hydrogen-bond acceptors (Lipinski definition) is 3. The Morgan fingerprint density at radius 2 is 1.41 bits per heavy atom. The largest absolute Gasteiger partial charge is 0.497 e. The normalized spacial score (nSPS) is 11.4. The van der Waals surface area contributed by atoms with Gasteiger partial charge in [-0.15, -0.1) is 0 Å². The molecule has 0 bridgehead atoms. The number of hydrazone groups is 1. The van der Waals surface area contributed by atoms with Crippen LogP contribution in [0.25, 0.3) is 21.8 Å². The van der Waals surface area contributed by atoms with Crippen LogP contribution in [-0.2, 0) is 7.05 Å². The molecule has 0 atom stereocenters. The third-order valence-electron chi connectivity index (χ3n) is 4.92. The minimum Gasteiger partial charge on any atom is -0.497 e. The van der Waals surface area contributed by atoms with Crippen LogP contribution in [0.15, 0.2) is 77.9 Å². The van der Waals surface area contributed by atoms with E-state index in [1.54, 1.807) is 7.11 Å². The topological polar surface area (TPSA) is 28.7 Å². The van der Waals surface area contributed by atoms with E-state index in [0.29, 0.717) is 0 Å². The van der Waals surface area contributed by atoms with Gasteiger partial charge in [-0.3, -0.25) is 5.01 Å². The average Bonchev–Trinajstić information content (AvgIpc) is 2.73. The van der Waals surface area contributed by atoms with Crippen molar-refractivity contribution in [2.75, 3.05) is 19.2 Å². The van der Waals surface area contributed by atoms with E-state index >= 15 is 0 Å². The first kappa shape index (κ1) is 17.0. The molecule has 0 aliphatic rings. The van der Waals surface area contributed by atoms with E-state index in [0.717, 1.165) is 17.0 Å². The number of para-hydroxylation sites is 2. The summed E-state index contributed by atoms with van der Waals surface area (Å²) in [4.78, 5) is 0. The molecule has 0 N–H and O–H groups in total. The van der Waals surface area contributed by atoms with E-state index < -0.39 is 0 Å². The molecule has 0 unspecified atom stereocenters. The summed E-state index contributed by atoms with van der Waals surface area (Å²) in [7, 11) is 5.73. The van der Waals surface area contributed by atoms with Crippen LogP contribution in [0.4, 0.5) is 5.69 Å². The highest BCUT2D eigenvalue weighted by molar-refractivity contribution is 6.08. The zero-order valence-electron chi connectivity index (χ0n) is 15.8. The van der Waals surface area contributed by atoms with Crippen molar-refractivity contribution in [2.45, 2.75) is 0 Å². The molecule has 4 heteroatoms. The maximum atomic E-state index is 5.23. The minimum absolute atomic E-state index is 0.837. The average molecular weight is 356 g/mol. The van der Waals surface area contributed by atoms with Gasteiger partial charge >= 0.3 is 0 Å². The van der Waals surface area contributed by atoms with E-state index in [9.17, 15) is 0 Å². The number of nitrogens with zero attached hydrogens (tertiary/aromatic N) is 3. The Kier molecular flexibility index (Phi) is 4.47. The molecule has 0 aliphatic heterocycles. The summed E-state index contributed by atoms with van der Waals surface area (Å²) < 4.78 is 7.46. The van der Waals surface area contributed by atoms with Crippen LogP contribution in [0.1, 0.15) is 5.56 Å². The molecule has 0 aliphatic carbocycles. The summed E-state index contributed by atoms with van der Waals surface area (Å²) in [5, 5.41) is 8.95. The quantitative estimate of drug-likeness (QED) is 0.236. The Labute approximate surface area is 158 Å². The minimum atomic E-state index is 0.837. The van der Waals surface area contributed by atoms with Gasteiger partial charge in [0.05, 0.1) is 29.8 Å². The van der Waals surface area contributed by atoms with E-state index in [1.165, 1.54) is 21.8 Å². The molecular formula is C23H22N3O+. The van der Waals surface area contributed by atoms with Crippen molar-refractivity contribution in [3.8, 4) is 5.75 Å². The monoisotopic (exact) mass is 356 g/mol. The Morgan fingerprint density at radius 3 is 1.96 bits per heavy atom. The first-order valence-corrected chi connectivity index (χ1v) is 8.90. The van der Waals surface area contributed by atoms with Crippen LogP contribution >= 0.6 is 0 Å². The smallest absolute Gasteiger partial charge is 0.213 e. The van der Waals surface area contributed by atoms with Crippen molar-refractivity contribution < 1.29 is 9.30 Å². The lowest BCUT2D eigenvalue weighted by Crippen LogP contribution is -2.30. The molecule has 134 valence electrons. The van der Waals surface area contributed by atoms with Gasteiger partial charge in [-0.1, -0.05) is 24.3 Å². The maximum Gasteiger partial charge on any atom is 0.213 e. The van der Waals surface area contributed by atoms with Gasteiger partial charge in [-0.25, -0.2) is 0 Å². The number of aromatic nitrogens is 1. The standard InChI is InChI=1S/C23H22N3O/c1-25-22-10-6-4-8-19(22)21(20-9-5-7-11-23(20)25)16-24-26(2)17-12-14-18(27-3)15-13-17/h4-16H,1-3H3/q+1. The number of methoxy groups -OCH3 is 1. The number of rotatable bonds is 4. The van der Waals surface area contributed by atoms with Crippen LogP contribution in [0.2, 0.25) is 0 Å². The molecule has 1 heterocycles. The number of fused-ring (bicyclic) bond motifs is 2. The molecule has 4 rings (SSSR count). The van der Waals surface area contributed by atoms with Crippen LogP contribution < -0.4 is 14.3 Å². The highest BCUT2D eigenvalue weighted by atomic mass is 16.5. The first-order chi connectivity index (χ1) is 13.2. The second kappa shape index (κ2) is 7.08. The van der Waals surface area contributed by atoms with E-state index in [4.69, 9.17) is 9.84 Å². The SMILES string of the molecule is COc1ccc(N(C)N=Cc2c3ccccc3[n+](C)c3ccccc23)cc1. The summed E-state index contributed by atoms with van der Waals surface area (Å²) >= 11 is 0. The number of aryl methyl sites for hydroxylation is 1. The van der Waals surface area contributed by atoms with Gasteiger partial charge in [0.1, 0.15) is 12.8 Å². The molecule has 0 fully saturated rings. The van der Waals surface area contributed by atoms with Crippen LogP contribution in [0, 0.1) is 0 Å². The van der Waals surface area contributed by atoms with Crippen LogP contribution in [0.5, 0.6) is 5.75 Å². The molecular weight excluding hydrogens is 334 g/mol. The predicted octanol–water partition coefficient (Wildman–Crippen LogP) is 4.30. The summed E-state index contributed by atoms with van der Waals surface area (Å²) in [6, 6.07) is 24.7. The molecule has 4 nitrogen and oxygen atoms in total. The summed E-state index contributed by atoms with van der Waals surface area (Å²) in [6.45, 7) is 0. The number of anilines is 1. The lowest BCUT2D eigenvalue weighted by molar-refractivity contribution is -0.617. The maximum absolute atomic E-state index is 5.23. The fraction of sp³-hybridized carbons (Fsp3) is 0.130. The Balaban J connectivity index is 1.82. The lowest BCUT2D eigenvalue weighted by atomic mass is 10.0. The fourth-order valence-electron chi connectivity index (χ4n) is 3.41. The van der Waals surface area contributed by atoms with Crippen molar-refractivity contribution >= 4 is 33.7 Å². The van der Waals surface area contributed by atoms with Crippen molar-refractivity contribution in [1.82, 2.24) is 0 Å². The molecule has 0 amide bonds. The van der Waals surface area contributed by atoms with Crippen molar-refractivity contribution in [3.63, 3.8) is 0 Å². The molecule has 3 aromatic carbocycles. The number of pyridine rings is 1. The predicted molar refractivity (Wildman–Crippen MR) is 112 cm³/mol. The Morgan fingerprint density at radius 1 is 0.852 bits per heavy atom. The highest BCUT2D eigenvalue weighted by Crippen LogP contribution is 2.24. The lowest BCUT2D eigenvalue weighted by Gasteiger charge is -2.14. The molecule has 0 radical (unpaired) electrons. The zero-order chi connectivity index (χ0) is 18.8. The zero-order valence-corrected chi connectivity index (χ0v) is 15.8. The van der Waals surface area contributed by atoms with Gasteiger partial charge in [-0.05, 0) is 36.4 Å². The van der Waals surface area contributed by atoms with E-state index in [2.05, 4.69) is 60.1 Å². The second-order valence-corrected chi connectivity index (χ2v) is 6.47. The van der Waals surface area contributed by atoms with Gasteiger partial charge in [0, 0.05) is 24.7 Å². The van der Waals surface area contributed by atoms with E-state index in [1.807, 2.05) is 42.5 Å². The number of hydrogen-bond donors (Lipinski definition) is 0. The Hall–Kier alpha value is -3.40. The van der Waals surface area contributed by atoms with Crippen LogP contribution in [0.3, 0.4) is 0 Å². The molecule has 0 spiro atoms. The van der Waals surface area contributed by atoms with Crippen molar-refractivity contribution in [1.29, 1.82) is 0 Å². The highest BCUT2D eigenvalue weighted by Gasteiger charge is 2.16. The van der Waals surface area contributed by atoms with Crippen molar-refractivity contribution in [2.24, 2.45) is 12.1 Å². The van der Waals surface area contributed by atoms with Gasteiger partial charge in [0.15, 0.2) is 0 Å². The molecule has 27 heavy (non-hydrogen) atoms. The third-order valence-corrected chi connectivity index (χ3v) is 4.92. The van der Waals surface area contributed by atoms with Gasteiger partial charge < -0.3 is 4.74 Å². The first-order valence-electron chi connectivity index (χ1n) is 8.90. The number of benzene rings is 3. The Bertz CT molecular complexity index is 1080. The second-order valence-electron chi connectivity index (χ2n) is 6.47. The van der Waals surface area contributed by atoms with Gasteiger partial charge in [0.25, 0.3) is 0 Å². The molecule has 1 aromatic heterocycles. The van der Waals surface area contributed by atoms with Crippen LogP contribution in [-0.4, -0.2) is 20.4 Å². The molecule has 4 aromatic rings. The fourth-order valence-corrected chi connectivity index (χ4v) is 3.41. The van der Waals surface area contributed by atoms with Gasteiger partial charge in [-0.2, -0.15) is 9.67 Å². The van der Waals surface area contributed by atoms with Gasteiger partial charge in [0.2, 0.25) is 11.0 Å². The number of ether oxygens (including phenoxy) is 1. The van der Waals surface area contributed by atoms with Crippen molar-refractivity contribution in [3.05, 3.63) is 78.4 Å². The molecule has 0 saturated carbocycles. The summed E-state index contributed by atoms with van der Waals surface area (Å²) in [6.07, 6.45) is 1.95. The third kappa shape index (κ3) is 3.10. The summed E-state index contributed by atoms with van der Waals surface area (Å²) in [5.41, 5.74) is 4.50.